The summed E-state index contributed by atoms with van der Waals surface area (Å²) in [6, 6.07) is 7.43. The van der Waals surface area contributed by atoms with Crippen LogP contribution in [0.25, 0.3) is 0 Å². The fourth-order valence-corrected chi connectivity index (χ4v) is 5.40. The lowest BCUT2D eigenvalue weighted by Gasteiger charge is -2.36. The first-order chi connectivity index (χ1) is 11.8. The molecule has 2 amide bonds. The Morgan fingerprint density at radius 3 is 2.36 bits per heavy atom. The summed E-state index contributed by atoms with van der Waals surface area (Å²) in [6.07, 6.45) is 1.43. The molecule has 2 aliphatic rings. The van der Waals surface area contributed by atoms with Gasteiger partial charge >= 0.3 is 0 Å². The molecule has 3 rings (SSSR count). The van der Waals surface area contributed by atoms with Gasteiger partial charge in [-0.15, -0.1) is 0 Å². The molecule has 4 nitrogen and oxygen atoms in total. The molecule has 2 saturated heterocycles. The van der Waals surface area contributed by atoms with Gasteiger partial charge in [0.05, 0.1) is 5.69 Å². The summed E-state index contributed by atoms with van der Waals surface area (Å²) in [5, 5.41) is -0.410. The van der Waals surface area contributed by atoms with Crippen LogP contribution in [0.1, 0.15) is 26.7 Å². The van der Waals surface area contributed by atoms with Crippen molar-refractivity contribution < 1.29 is 9.59 Å². The molecule has 2 heterocycles. The third-order valence-corrected chi connectivity index (χ3v) is 6.94. The van der Waals surface area contributed by atoms with Crippen molar-refractivity contribution in [2.75, 3.05) is 18.0 Å². The minimum Gasteiger partial charge on any atom is -0.357 e. The van der Waals surface area contributed by atoms with Crippen molar-refractivity contribution in [3.8, 4) is 0 Å². The molecule has 134 valence electrons. The molecule has 0 unspecified atom stereocenters. The molecule has 0 radical (unpaired) electrons. The molecule has 1 aromatic rings. The summed E-state index contributed by atoms with van der Waals surface area (Å²) < 4.78 is 1.81. The van der Waals surface area contributed by atoms with Crippen LogP contribution in [-0.4, -0.2) is 39.4 Å². The lowest BCUT2D eigenvalue weighted by Crippen LogP contribution is -2.41. The van der Waals surface area contributed by atoms with Crippen molar-refractivity contribution in [1.82, 2.24) is 4.90 Å². The van der Waals surface area contributed by atoms with E-state index in [1.54, 1.807) is 0 Å². The Morgan fingerprint density at radius 1 is 1.16 bits per heavy atom. The number of likely N-dealkylation sites (tertiary alicyclic amines) is 1. The number of rotatable bonds is 2. The fourth-order valence-electron chi connectivity index (χ4n) is 3.57. The molecule has 25 heavy (non-hydrogen) atoms. The number of piperidine rings is 1. The van der Waals surface area contributed by atoms with Crippen LogP contribution in [0.3, 0.4) is 0 Å². The number of thiocarbonyl (C=S) groups is 1. The number of nitrogens with zero attached hydrogens (tertiary/aromatic N) is 2. The molecule has 0 aromatic heterocycles. The standard InChI is InChI=1S/C18H21IN2O2S2/c1-11-7-12(2)10-20(9-11)18(24)25-15-8-16(22)21(17(15)23)14-5-3-13(19)4-6-14/h3-6,11-12,15H,7-10H2,1-2H3/t11-,12-,15-/m1/s1. The van der Waals surface area contributed by atoms with Crippen molar-refractivity contribution in [2.24, 2.45) is 11.8 Å². The van der Waals surface area contributed by atoms with Crippen molar-refractivity contribution in [2.45, 2.75) is 31.9 Å². The maximum absolute atomic E-state index is 12.8. The topological polar surface area (TPSA) is 40.6 Å². The maximum Gasteiger partial charge on any atom is 0.247 e. The highest BCUT2D eigenvalue weighted by Gasteiger charge is 2.41. The van der Waals surface area contributed by atoms with Crippen molar-refractivity contribution >= 4 is 68.4 Å². The SMILES string of the molecule is C[C@@H]1C[C@@H](C)CN(C(=S)S[C@@H]2CC(=O)N(c3ccc(I)cc3)C2=O)C1. The first kappa shape index (κ1) is 19.1. The predicted octanol–water partition coefficient (Wildman–Crippen LogP) is 3.92. The van der Waals surface area contributed by atoms with Gasteiger partial charge in [-0.1, -0.05) is 37.8 Å². The van der Waals surface area contributed by atoms with Gasteiger partial charge < -0.3 is 4.90 Å². The number of anilines is 1. The maximum atomic E-state index is 12.8. The molecule has 0 bridgehead atoms. The van der Waals surface area contributed by atoms with Gasteiger partial charge in [-0.05, 0) is 65.1 Å². The first-order valence-corrected chi connectivity index (χ1v) is 10.8. The Bertz CT molecular complexity index is 685. The number of imide groups is 1. The van der Waals surface area contributed by atoms with Gasteiger partial charge in [0, 0.05) is 23.1 Å². The van der Waals surface area contributed by atoms with E-state index in [4.69, 9.17) is 12.2 Å². The number of thioether (sulfide) groups is 1. The predicted molar refractivity (Wildman–Crippen MR) is 115 cm³/mol. The number of hydrogen-bond acceptors (Lipinski definition) is 4. The van der Waals surface area contributed by atoms with Crippen LogP contribution in [0.4, 0.5) is 5.69 Å². The normalized spacial score (nSPS) is 27.1. The summed E-state index contributed by atoms with van der Waals surface area (Å²) in [5.74, 6) is 0.904. The van der Waals surface area contributed by atoms with Crippen LogP contribution >= 0.6 is 46.6 Å². The van der Waals surface area contributed by atoms with E-state index in [-0.39, 0.29) is 18.2 Å². The van der Waals surface area contributed by atoms with Crippen molar-refractivity contribution in [3.05, 3.63) is 27.8 Å². The number of carbonyl (C=O) groups excluding carboxylic acids is 2. The van der Waals surface area contributed by atoms with Crippen LogP contribution in [0.15, 0.2) is 24.3 Å². The highest BCUT2D eigenvalue weighted by atomic mass is 127. The van der Waals surface area contributed by atoms with Crippen molar-refractivity contribution in [1.29, 1.82) is 0 Å². The zero-order valence-corrected chi connectivity index (χ0v) is 18.1. The van der Waals surface area contributed by atoms with Crippen LogP contribution in [0, 0.1) is 15.4 Å². The zero-order valence-electron chi connectivity index (χ0n) is 14.3. The Kier molecular flexibility index (Phi) is 6.05. The monoisotopic (exact) mass is 488 g/mol. The fraction of sp³-hybridized carbons (Fsp3) is 0.500. The largest absolute Gasteiger partial charge is 0.357 e. The van der Waals surface area contributed by atoms with E-state index < -0.39 is 5.25 Å². The Balaban J connectivity index is 1.68. The summed E-state index contributed by atoms with van der Waals surface area (Å²) in [7, 11) is 0. The van der Waals surface area contributed by atoms with Gasteiger partial charge in [-0.3, -0.25) is 9.59 Å². The second-order valence-corrected chi connectivity index (χ2v) is 10.1. The minimum atomic E-state index is -0.410. The van der Waals surface area contributed by atoms with E-state index in [0.29, 0.717) is 17.5 Å². The average Bonchev–Trinajstić information content (AvgIpc) is 2.81. The third kappa shape index (κ3) is 4.36. The van der Waals surface area contributed by atoms with Gasteiger partial charge in [0.25, 0.3) is 0 Å². The molecule has 0 N–H and O–H groups in total. The van der Waals surface area contributed by atoms with E-state index in [1.807, 2.05) is 24.3 Å². The quantitative estimate of drug-likeness (QED) is 0.359. The third-order valence-electron chi connectivity index (χ3n) is 4.56. The second kappa shape index (κ2) is 7.92. The molecule has 3 atom stereocenters. The Hall–Kier alpha value is -0.670. The molecule has 0 saturated carbocycles. The molecular weight excluding hydrogens is 467 g/mol. The highest BCUT2D eigenvalue weighted by Crippen LogP contribution is 2.33. The highest BCUT2D eigenvalue weighted by molar-refractivity contribution is 14.1. The molecule has 1 aromatic carbocycles. The average molecular weight is 488 g/mol. The lowest BCUT2D eigenvalue weighted by atomic mass is 9.92. The Labute approximate surface area is 171 Å². The smallest absolute Gasteiger partial charge is 0.247 e. The van der Waals surface area contributed by atoms with E-state index >= 15 is 0 Å². The van der Waals surface area contributed by atoms with Gasteiger partial charge in [0.1, 0.15) is 9.57 Å². The summed E-state index contributed by atoms with van der Waals surface area (Å²) >= 11 is 9.16. The molecule has 7 heteroatoms. The van der Waals surface area contributed by atoms with Gasteiger partial charge in [0.15, 0.2) is 0 Å². The van der Waals surface area contributed by atoms with E-state index in [1.165, 1.54) is 23.1 Å². The number of benzene rings is 1. The first-order valence-electron chi connectivity index (χ1n) is 8.43. The number of halogens is 1. The number of carbonyl (C=O) groups is 2. The van der Waals surface area contributed by atoms with Crippen LogP contribution in [-0.2, 0) is 9.59 Å². The van der Waals surface area contributed by atoms with Crippen LogP contribution in [0.5, 0.6) is 0 Å². The molecular formula is C18H21IN2O2S2. The van der Waals surface area contributed by atoms with Gasteiger partial charge in [-0.2, -0.15) is 0 Å². The molecule has 2 aliphatic heterocycles. The summed E-state index contributed by atoms with van der Waals surface area (Å²) in [6.45, 7) is 6.34. The molecule has 2 fully saturated rings. The van der Waals surface area contributed by atoms with Crippen LogP contribution in [0.2, 0.25) is 0 Å². The van der Waals surface area contributed by atoms with Gasteiger partial charge in [-0.25, -0.2) is 4.90 Å². The van der Waals surface area contributed by atoms with Crippen molar-refractivity contribution in [3.63, 3.8) is 0 Å². The second-order valence-electron chi connectivity index (χ2n) is 6.97. The summed E-state index contributed by atoms with van der Waals surface area (Å²) in [5.41, 5.74) is 0.643. The number of amides is 2. The molecule has 0 aliphatic carbocycles. The molecule has 0 spiro atoms. The zero-order chi connectivity index (χ0) is 18.1. The lowest BCUT2D eigenvalue weighted by molar-refractivity contribution is -0.121. The summed E-state index contributed by atoms with van der Waals surface area (Å²) in [4.78, 5) is 28.6. The van der Waals surface area contributed by atoms with Crippen LogP contribution < -0.4 is 4.90 Å². The van der Waals surface area contributed by atoms with E-state index in [0.717, 1.165) is 21.0 Å². The number of hydrogen-bond donors (Lipinski definition) is 0. The van der Waals surface area contributed by atoms with E-state index in [2.05, 4.69) is 41.3 Å². The van der Waals surface area contributed by atoms with E-state index in [9.17, 15) is 9.59 Å². The van der Waals surface area contributed by atoms with Gasteiger partial charge in [0.2, 0.25) is 11.8 Å². The Morgan fingerprint density at radius 2 is 1.76 bits per heavy atom. The minimum absolute atomic E-state index is 0.146.